The lowest BCUT2D eigenvalue weighted by Gasteiger charge is -2.36. The quantitative estimate of drug-likeness (QED) is 0.815. The Kier molecular flexibility index (Phi) is 6.01. The van der Waals surface area contributed by atoms with Crippen molar-refractivity contribution in [3.8, 4) is 5.75 Å². The first-order valence-corrected chi connectivity index (χ1v) is 9.28. The van der Waals surface area contributed by atoms with Crippen LogP contribution in [0.3, 0.4) is 0 Å². The van der Waals surface area contributed by atoms with Gasteiger partial charge in [0.05, 0.1) is 36.9 Å². The van der Waals surface area contributed by atoms with Gasteiger partial charge in [-0.3, -0.25) is 9.69 Å². The van der Waals surface area contributed by atoms with Crippen molar-refractivity contribution < 1.29 is 14.6 Å². The predicted molar refractivity (Wildman–Crippen MR) is 96.6 cm³/mol. The van der Waals surface area contributed by atoms with Crippen LogP contribution in [0.2, 0.25) is 0 Å². The number of nitrogens with one attached hydrogen (secondary N) is 1. The van der Waals surface area contributed by atoms with E-state index in [2.05, 4.69) is 15.2 Å². The molecule has 0 radical (unpaired) electrons. The number of piperidine rings is 1. The molecule has 1 amide bonds. The third-order valence-corrected chi connectivity index (χ3v) is 5.02. The second-order valence-electron chi connectivity index (χ2n) is 6.27. The molecule has 2 aromatic rings. The average molecular weight is 361 g/mol. The van der Waals surface area contributed by atoms with Crippen LogP contribution in [0.4, 0.5) is 0 Å². The minimum absolute atomic E-state index is 0.0785. The van der Waals surface area contributed by atoms with E-state index in [1.54, 1.807) is 18.4 Å². The van der Waals surface area contributed by atoms with E-state index in [0.29, 0.717) is 6.54 Å². The molecular formula is C18H23N3O3S. The molecule has 0 spiro atoms. The fraction of sp³-hybridized carbons (Fsp3) is 0.444. The second kappa shape index (κ2) is 8.42. The number of aliphatic hydroxyl groups excluding tert-OH is 1. The minimum atomic E-state index is -0.568. The number of nitrogens with zero attached hydrogens (tertiary/aromatic N) is 2. The van der Waals surface area contributed by atoms with Crippen LogP contribution in [0.25, 0.3) is 0 Å². The van der Waals surface area contributed by atoms with Gasteiger partial charge in [-0.1, -0.05) is 12.1 Å². The van der Waals surface area contributed by atoms with E-state index in [4.69, 9.17) is 4.74 Å². The SMILES string of the molecule is COc1cccc(CC(=O)N[C@@H]2CCN(Cc3cscn3)C[C@H]2O)c1. The summed E-state index contributed by atoms with van der Waals surface area (Å²) in [4.78, 5) is 18.7. The Hall–Kier alpha value is -1.96. The molecule has 1 aromatic heterocycles. The summed E-state index contributed by atoms with van der Waals surface area (Å²) in [6, 6.07) is 7.27. The molecule has 1 aromatic carbocycles. The number of hydrogen-bond donors (Lipinski definition) is 2. The van der Waals surface area contributed by atoms with Crippen molar-refractivity contribution in [1.82, 2.24) is 15.2 Å². The highest BCUT2D eigenvalue weighted by Crippen LogP contribution is 2.16. The summed E-state index contributed by atoms with van der Waals surface area (Å²) in [5.74, 6) is 0.658. The van der Waals surface area contributed by atoms with E-state index < -0.39 is 6.10 Å². The molecule has 0 aliphatic carbocycles. The van der Waals surface area contributed by atoms with Gasteiger partial charge in [-0.15, -0.1) is 11.3 Å². The van der Waals surface area contributed by atoms with Gasteiger partial charge < -0.3 is 15.2 Å². The zero-order valence-corrected chi connectivity index (χ0v) is 15.0. The van der Waals surface area contributed by atoms with Crippen molar-refractivity contribution in [2.75, 3.05) is 20.2 Å². The van der Waals surface area contributed by atoms with Crippen molar-refractivity contribution >= 4 is 17.2 Å². The highest BCUT2D eigenvalue weighted by atomic mass is 32.1. The number of methoxy groups -OCH3 is 1. The molecule has 25 heavy (non-hydrogen) atoms. The average Bonchev–Trinajstić information content (AvgIpc) is 3.10. The Morgan fingerprint density at radius 2 is 2.40 bits per heavy atom. The van der Waals surface area contributed by atoms with Gasteiger partial charge in [-0.2, -0.15) is 0 Å². The van der Waals surface area contributed by atoms with Crippen LogP contribution < -0.4 is 10.1 Å². The topological polar surface area (TPSA) is 74.7 Å². The summed E-state index contributed by atoms with van der Waals surface area (Å²) in [7, 11) is 1.61. The lowest BCUT2D eigenvalue weighted by atomic mass is 10.0. The zero-order valence-electron chi connectivity index (χ0n) is 14.2. The van der Waals surface area contributed by atoms with Crippen LogP contribution in [0.15, 0.2) is 35.2 Å². The van der Waals surface area contributed by atoms with E-state index in [1.807, 2.05) is 35.2 Å². The Morgan fingerprint density at radius 1 is 1.52 bits per heavy atom. The Morgan fingerprint density at radius 3 is 3.12 bits per heavy atom. The fourth-order valence-corrected chi connectivity index (χ4v) is 3.63. The third kappa shape index (κ3) is 5.01. The number of β-amino-alcohol motifs (C(OH)–C–C–N with tert-alkyl or cyclic N) is 1. The van der Waals surface area contributed by atoms with Crippen LogP contribution in [0, 0.1) is 0 Å². The van der Waals surface area contributed by atoms with Gasteiger partial charge in [-0.05, 0) is 24.1 Å². The molecule has 134 valence electrons. The highest BCUT2D eigenvalue weighted by Gasteiger charge is 2.29. The molecule has 1 aliphatic rings. The van der Waals surface area contributed by atoms with Crippen LogP contribution in [-0.4, -0.2) is 53.2 Å². The summed E-state index contributed by atoms with van der Waals surface area (Å²) < 4.78 is 5.18. The maximum Gasteiger partial charge on any atom is 0.224 e. The number of carbonyl (C=O) groups excluding carboxylic acids is 1. The molecule has 1 saturated heterocycles. The van der Waals surface area contributed by atoms with Crippen LogP contribution in [0.5, 0.6) is 5.75 Å². The minimum Gasteiger partial charge on any atom is -0.497 e. The molecule has 0 bridgehead atoms. The lowest BCUT2D eigenvalue weighted by Crippen LogP contribution is -2.54. The molecule has 3 rings (SSSR count). The van der Waals surface area contributed by atoms with Crippen molar-refractivity contribution in [1.29, 1.82) is 0 Å². The summed E-state index contributed by atoms with van der Waals surface area (Å²) in [5, 5.41) is 15.4. The first kappa shape index (κ1) is 17.8. The highest BCUT2D eigenvalue weighted by molar-refractivity contribution is 7.07. The lowest BCUT2D eigenvalue weighted by molar-refractivity contribution is -0.122. The normalized spacial score (nSPS) is 21.0. The van der Waals surface area contributed by atoms with Crippen molar-refractivity contribution in [2.24, 2.45) is 0 Å². The predicted octanol–water partition coefficient (Wildman–Crippen LogP) is 1.45. The van der Waals surface area contributed by atoms with Crippen molar-refractivity contribution in [3.05, 3.63) is 46.4 Å². The monoisotopic (exact) mass is 361 g/mol. The molecule has 7 heteroatoms. The summed E-state index contributed by atoms with van der Waals surface area (Å²) >= 11 is 1.58. The molecule has 0 saturated carbocycles. The molecular weight excluding hydrogens is 338 g/mol. The molecule has 1 fully saturated rings. The fourth-order valence-electron chi connectivity index (χ4n) is 3.08. The number of benzene rings is 1. The molecule has 2 atom stereocenters. The van der Waals surface area contributed by atoms with E-state index >= 15 is 0 Å². The van der Waals surface area contributed by atoms with Gasteiger partial charge in [-0.25, -0.2) is 4.98 Å². The summed E-state index contributed by atoms with van der Waals surface area (Å²) in [6.07, 6.45) is 0.444. The third-order valence-electron chi connectivity index (χ3n) is 4.38. The number of amides is 1. The van der Waals surface area contributed by atoms with Gasteiger partial charge in [0, 0.05) is 25.0 Å². The zero-order chi connectivity index (χ0) is 17.6. The number of thiazole rings is 1. The number of hydrogen-bond acceptors (Lipinski definition) is 6. The summed E-state index contributed by atoms with van der Waals surface area (Å²) in [5.41, 5.74) is 3.74. The summed E-state index contributed by atoms with van der Waals surface area (Å²) in [6.45, 7) is 2.12. The van der Waals surface area contributed by atoms with Crippen molar-refractivity contribution in [3.63, 3.8) is 0 Å². The number of likely N-dealkylation sites (tertiary alicyclic amines) is 1. The van der Waals surface area contributed by atoms with Crippen molar-refractivity contribution in [2.45, 2.75) is 31.5 Å². The number of ether oxygens (including phenoxy) is 1. The van der Waals surface area contributed by atoms with Gasteiger partial charge >= 0.3 is 0 Å². The number of rotatable bonds is 6. The molecule has 1 aliphatic heterocycles. The smallest absolute Gasteiger partial charge is 0.224 e. The van der Waals surface area contributed by atoms with E-state index in [1.165, 1.54) is 0 Å². The van der Waals surface area contributed by atoms with Crippen LogP contribution in [0.1, 0.15) is 17.7 Å². The first-order chi connectivity index (χ1) is 12.1. The first-order valence-electron chi connectivity index (χ1n) is 8.34. The van der Waals surface area contributed by atoms with E-state index in [9.17, 15) is 9.90 Å². The van der Waals surface area contributed by atoms with Gasteiger partial charge in [0.2, 0.25) is 5.91 Å². The molecule has 0 unspecified atom stereocenters. The number of aromatic nitrogens is 1. The van der Waals surface area contributed by atoms with Gasteiger partial charge in [0.1, 0.15) is 5.75 Å². The van der Waals surface area contributed by atoms with E-state index in [0.717, 1.165) is 36.5 Å². The van der Waals surface area contributed by atoms with Gasteiger partial charge in [0.25, 0.3) is 0 Å². The standard InChI is InChI=1S/C18H23N3O3S/c1-24-15-4-2-3-13(7-15)8-18(23)20-16-5-6-21(10-17(16)22)9-14-11-25-12-19-14/h2-4,7,11-12,16-17,22H,5-6,8-10H2,1H3,(H,20,23)/t16-,17-/m1/s1. The molecule has 6 nitrogen and oxygen atoms in total. The van der Waals surface area contributed by atoms with Crippen LogP contribution >= 0.6 is 11.3 Å². The van der Waals surface area contributed by atoms with Crippen LogP contribution in [-0.2, 0) is 17.8 Å². The Bertz CT molecular complexity index is 693. The van der Waals surface area contributed by atoms with E-state index in [-0.39, 0.29) is 18.4 Å². The number of aliphatic hydroxyl groups is 1. The largest absolute Gasteiger partial charge is 0.497 e. The Labute approximate surface area is 151 Å². The second-order valence-corrected chi connectivity index (χ2v) is 6.99. The maximum absolute atomic E-state index is 12.3. The van der Waals surface area contributed by atoms with Gasteiger partial charge in [0.15, 0.2) is 0 Å². The number of carbonyl (C=O) groups is 1. The Balaban J connectivity index is 1.48. The molecule has 2 heterocycles. The maximum atomic E-state index is 12.3. The molecule has 2 N–H and O–H groups in total.